The summed E-state index contributed by atoms with van der Waals surface area (Å²) < 4.78 is 6.51. The van der Waals surface area contributed by atoms with Gasteiger partial charge >= 0.3 is 0 Å². The minimum atomic E-state index is -0.121. The molecule has 0 spiro atoms. The Balaban J connectivity index is 1.02. The van der Waals surface area contributed by atoms with Gasteiger partial charge in [-0.1, -0.05) is 185 Å². The van der Waals surface area contributed by atoms with Gasteiger partial charge in [-0.25, -0.2) is 0 Å². The van der Waals surface area contributed by atoms with Crippen molar-refractivity contribution in [1.29, 1.82) is 0 Å². The zero-order valence-corrected chi connectivity index (χ0v) is 35.4. The summed E-state index contributed by atoms with van der Waals surface area (Å²) in [5, 5.41) is 2.20. The van der Waals surface area contributed by atoms with E-state index >= 15 is 0 Å². The second-order valence-corrected chi connectivity index (χ2v) is 18.0. The fourth-order valence-electron chi connectivity index (χ4n) is 11.0. The lowest BCUT2D eigenvalue weighted by atomic mass is 9.78. The monoisotopic (exact) mass is 795 g/mol. The molecule has 9 aromatic carbocycles. The van der Waals surface area contributed by atoms with Crippen molar-refractivity contribution in [2.45, 2.75) is 38.5 Å². The van der Waals surface area contributed by atoms with Crippen LogP contribution < -0.4 is 4.90 Å². The first-order valence-electron chi connectivity index (χ1n) is 21.8. The molecule has 0 radical (unpaired) electrons. The number of nitrogens with zero attached hydrogens (tertiary/aromatic N) is 1. The van der Waals surface area contributed by atoms with Gasteiger partial charge in [-0.3, -0.25) is 0 Å². The topological polar surface area (TPSA) is 16.4 Å². The molecule has 0 aliphatic heterocycles. The summed E-state index contributed by atoms with van der Waals surface area (Å²) in [5.41, 5.74) is 22.9. The number of hydrogen-bond acceptors (Lipinski definition) is 2. The van der Waals surface area contributed by atoms with Gasteiger partial charge in [-0.05, 0) is 115 Å². The Bertz CT molecular complexity index is 3420. The number of furan rings is 1. The molecule has 1 aromatic heterocycles. The standard InChI is InChI=1S/C60H45NO/c1-59(2)50-25-11-7-20-44(50)46-36-33-39(37-52(46)59)42-18-9-13-27-53(42)61(54-28-16-30-56-57(54)49-22-10-14-29-55(49)62-56)40-34-31-38(32-35-40)41-17-5-6-19-43(41)47-23-15-24-48-45-21-8-12-26-51(45)60(3,4)58(47)48/h5-37H,1-4H3. The molecule has 0 saturated heterocycles. The molecule has 0 unspecified atom stereocenters. The third-order valence-corrected chi connectivity index (χ3v) is 13.9. The minimum absolute atomic E-state index is 0.108. The minimum Gasteiger partial charge on any atom is -0.456 e. The summed E-state index contributed by atoms with van der Waals surface area (Å²) in [6.07, 6.45) is 0. The van der Waals surface area contributed by atoms with Crippen LogP contribution in [-0.2, 0) is 10.8 Å². The highest BCUT2D eigenvalue weighted by Gasteiger charge is 2.38. The fourth-order valence-corrected chi connectivity index (χ4v) is 11.0. The molecule has 2 aliphatic rings. The number of rotatable bonds is 6. The largest absolute Gasteiger partial charge is 0.456 e. The maximum absolute atomic E-state index is 6.51. The molecular weight excluding hydrogens is 751 g/mol. The van der Waals surface area contributed by atoms with Crippen molar-refractivity contribution in [1.82, 2.24) is 0 Å². The lowest BCUT2D eigenvalue weighted by Gasteiger charge is -2.29. The van der Waals surface area contributed by atoms with Crippen molar-refractivity contribution >= 4 is 39.0 Å². The Morgan fingerprint density at radius 3 is 1.65 bits per heavy atom. The quantitative estimate of drug-likeness (QED) is 0.167. The molecule has 0 saturated carbocycles. The molecular formula is C60H45NO. The van der Waals surface area contributed by atoms with Crippen LogP contribution >= 0.6 is 0 Å². The fraction of sp³-hybridized carbons (Fsp3) is 0.100. The Labute approximate surface area is 363 Å². The highest BCUT2D eigenvalue weighted by molar-refractivity contribution is 6.14. The predicted molar refractivity (Wildman–Crippen MR) is 260 cm³/mol. The third-order valence-electron chi connectivity index (χ3n) is 13.9. The first kappa shape index (κ1) is 36.4. The lowest BCUT2D eigenvalue weighted by molar-refractivity contribution is 0.660. The van der Waals surface area contributed by atoms with Gasteiger partial charge in [0, 0.05) is 27.5 Å². The summed E-state index contributed by atoms with van der Waals surface area (Å²) in [7, 11) is 0. The van der Waals surface area contributed by atoms with Crippen LogP contribution in [-0.4, -0.2) is 0 Å². The number of fused-ring (bicyclic) bond motifs is 9. The van der Waals surface area contributed by atoms with Gasteiger partial charge in [0.15, 0.2) is 0 Å². The lowest BCUT2D eigenvalue weighted by Crippen LogP contribution is -2.16. The first-order chi connectivity index (χ1) is 30.3. The molecule has 12 rings (SSSR count). The SMILES string of the molecule is CC1(C)c2ccccc2-c2ccc(-c3ccccc3N(c3ccc(-c4ccccc4-c4cccc5c4C(C)(C)c4ccccc4-5)cc3)c3cccc4oc5ccccc5c34)cc21. The Morgan fingerprint density at radius 1 is 0.355 bits per heavy atom. The van der Waals surface area contributed by atoms with Crippen LogP contribution in [0.15, 0.2) is 205 Å². The molecule has 1 heterocycles. The zero-order chi connectivity index (χ0) is 41.7. The van der Waals surface area contributed by atoms with Gasteiger partial charge in [0.05, 0.1) is 16.8 Å². The molecule has 62 heavy (non-hydrogen) atoms. The highest BCUT2D eigenvalue weighted by Crippen LogP contribution is 2.54. The zero-order valence-electron chi connectivity index (χ0n) is 35.4. The predicted octanol–water partition coefficient (Wildman–Crippen LogP) is 16.7. The van der Waals surface area contributed by atoms with Crippen LogP contribution in [0, 0.1) is 0 Å². The number of hydrogen-bond donors (Lipinski definition) is 0. The van der Waals surface area contributed by atoms with E-state index in [1.165, 1.54) is 77.9 Å². The molecule has 10 aromatic rings. The second-order valence-electron chi connectivity index (χ2n) is 18.0. The van der Waals surface area contributed by atoms with E-state index in [1.807, 2.05) is 6.07 Å². The van der Waals surface area contributed by atoms with Crippen LogP contribution in [0.25, 0.3) is 77.6 Å². The number of benzene rings is 9. The van der Waals surface area contributed by atoms with Crippen LogP contribution in [0.1, 0.15) is 49.9 Å². The molecule has 0 amide bonds. The smallest absolute Gasteiger partial charge is 0.137 e. The second kappa shape index (κ2) is 13.5. The van der Waals surface area contributed by atoms with E-state index in [9.17, 15) is 0 Å². The van der Waals surface area contributed by atoms with E-state index < -0.39 is 0 Å². The number of para-hydroxylation sites is 2. The van der Waals surface area contributed by atoms with Crippen molar-refractivity contribution in [2.24, 2.45) is 0 Å². The van der Waals surface area contributed by atoms with Gasteiger partial charge < -0.3 is 9.32 Å². The van der Waals surface area contributed by atoms with Crippen molar-refractivity contribution in [2.75, 3.05) is 4.90 Å². The summed E-state index contributed by atoms with van der Waals surface area (Å²) in [5.74, 6) is 0. The van der Waals surface area contributed by atoms with E-state index in [1.54, 1.807) is 0 Å². The van der Waals surface area contributed by atoms with Gasteiger partial charge in [-0.2, -0.15) is 0 Å². The third kappa shape index (κ3) is 5.29. The van der Waals surface area contributed by atoms with Crippen molar-refractivity contribution in [3.05, 3.63) is 222 Å². The molecule has 0 N–H and O–H groups in total. The maximum Gasteiger partial charge on any atom is 0.137 e. The van der Waals surface area contributed by atoms with Crippen molar-refractivity contribution in [3.63, 3.8) is 0 Å². The van der Waals surface area contributed by atoms with E-state index in [2.05, 4.69) is 227 Å². The van der Waals surface area contributed by atoms with Crippen molar-refractivity contribution in [3.8, 4) is 55.6 Å². The molecule has 2 heteroatoms. The summed E-state index contributed by atoms with van der Waals surface area (Å²) >= 11 is 0. The molecule has 2 aliphatic carbocycles. The van der Waals surface area contributed by atoms with E-state index in [4.69, 9.17) is 4.42 Å². The van der Waals surface area contributed by atoms with Gasteiger partial charge in [0.25, 0.3) is 0 Å². The average molecular weight is 796 g/mol. The molecule has 0 atom stereocenters. The van der Waals surface area contributed by atoms with Crippen molar-refractivity contribution < 1.29 is 4.42 Å². The van der Waals surface area contributed by atoms with Crippen LogP contribution in [0.5, 0.6) is 0 Å². The number of anilines is 3. The van der Waals surface area contributed by atoms with E-state index in [0.29, 0.717) is 0 Å². The van der Waals surface area contributed by atoms with Gasteiger partial charge in [0.2, 0.25) is 0 Å². The van der Waals surface area contributed by atoms with E-state index in [0.717, 1.165) is 39.0 Å². The van der Waals surface area contributed by atoms with Gasteiger partial charge in [-0.15, -0.1) is 0 Å². The van der Waals surface area contributed by atoms with Gasteiger partial charge in [0.1, 0.15) is 11.2 Å². The first-order valence-corrected chi connectivity index (χ1v) is 21.8. The molecule has 0 fully saturated rings. The Kier molecular flexibility index (Phi) is 7.96. The van der Waals surface area contributed by atoms with Crippen LogP contribution in [0.3, 0.4) is 0 Å². The normalized spacial score (nSPS) is 14.1. The average Bonchev–Trinajstić information content (AvgIpc) is 3.90. The van der Waals surface area contributed by atoms with Crippen LogP contribution in [0.2, 0.25) is 0 Å². The molecule has 296 valence electrons. The van der Waals surface area contributed by atoms with E-state index in [-0.39, 0.29) is 10.8 Å². The van der Waals surface area contributed by atoms with Crippen LogP contribution in [0.4, 0.5) is 17.1 Å². The molecule has 2 nitrogen and oxygen atoms in total. The summed E-state index contributed by atoms with van der Waals surface area (Å²) in [6.45, 7) is 9.46. The summed E-state index contributed by atoms with van der Waals surface area (Å²) in [4.78, 5) is 2.44. The maximum atomic E-state index is 6.51. The Morgan fingerprint density at radius 2 is 0.871 bits per heavy atom. The highest BCUT2D eigenvalue weighted by atomic mass is 16.3. The summed E-state index contributed by atoms with van der Waals surface area (Å²) in [6, 6.07) is 73.5. The Hall–Kier alpha value is -7.42. The molecule has 0 bridgehead atoms.